The normalized spacial score (nSPS) is 10.1. The number of aromatic nitrogens is 1. The van der Waals surface area contributed by atoms with E-state index in [4.69, 9.17) is 0 Å². The Morgan fingerprint density at radius 2 is 1.81 bits per heavy atom. The Bertz CT molecular complexity index is 518. The number of ketones is 1. The predicted octanol–water partition coefficient (Wildman–Crippen LogP) is 2.93. The molecule has 0 fully saturated rings. The predicted molar refractivity (Wildman–Crippen MR) is 63.6 cm³/mol. The van der Waals surface area contributed by atoms with Gasteiger partial charge in [-0.15, -0.1) is 0 Å². The molecule has 0 amide bonds. The first kappa shape index (κ1) is 10.6. The van der Waals surface area contributed by atoms with E-state index in [1.54, 1.807) is 6.20 Å². The zero-order valence-electron chi connectivity index (χ0n) is 9.40. The molecule has 1 heterocycles. The lowest BCUT2D eigenvalue weighted by molar-refractivity contribution is 0.103. The third-order valence-electron chi connectivity index (χ3n) is 2.52. The van der Waals surface area contributed by atoms with Crippen LogP contribution in [-0.4, -0.2) is 10.8 Å². The molecule has 2 nitrogen and oxygen atoms in total. The Morgan fingerprint density at radius 1 is 1.12 bits per heavy atom. The quantitative estimate of drug-likeness (QED) is 0.715. The van der Waals surface area contributed by atoms with Gasteiger partial charge in [0.1, 0.15) is 0 Å². The second-order valence-electron chi connectivity index (χ2n) is 3.84. The van der Waals surface area contributed by atoms with Crippen molar-refractivity contribution in [3.05, 3.63) is 65.0 Å². The number of hydrogen-bond donors (Lipinski definition) is 0. The fourth-order valence-electron chi connectivity index (χ4n) is 1.62. The summed E-state index contributed by atoms with van der Waals surface area (Å²) in [5, 5.41) is 0. The third kappa shape index (κ3) is 2.01. The van der Waals surface area contributed by atoms with E-state index in [1.807, 2.05) is 50.2 Å². The second kappa shape index (κ2) is 4.27. The zero-order valence-corrected chi connectivity index (χ0v) is 9.40. The first-order valence-electron chi connectivity index (χ1n) is 5.21. The molecule has 1 aromatic heterocycles. The Labute approximate surface area is 95.0 Å². The standard InChI is InChI=1S/C14H13NO/c1-10-9-15-11(2)8-13(10)14(16)12-6-4-3-5-7-12/h3-9H,1-2H3. The monoisotopic (exact) mass is 211 g/mol. The van der Waals surface area contributed by atoms with Gasteiger partial charge in [0.15, 0.2) is 5.78 Å². The topological polar surface area (TPSA) is 30.0 Å². The van der Waals surface area contributed by atoms with Crippen LogP contribution in [0.25, 0.3) is 0 Å². The number of nitrogens with zero attached hydrogens (tertiary/aromatic N) is 1. The van der Waals surface area contributed by atoms with Crippen molar-refractivity contribution >= 4 is 5.78 Å². The molecule has 0 aliphatic rings. The van der Waals surface area contributed by atoms with E-state index in [0.29, 0.717) is 0 Å². The van der Waals surface area contributed by atoms with Crippen molar-refractivity contribution < 1.29 is 4.79 Å². The molecule has 0 atom stereocenters. The molecule has 2 rings (SSSR count). The Morgan fingerprint density at radius 3 is 2.50 bits per heavy atom. The molecule has 0 unspecified atom stereocenters. The van der Waals surface area contributed by atoms with Crippen LogP contribution in [0.1, 0.15) is 27.2 Å². The van der Waals surface area contributed by atoms with Crippen LogP contribution in [0.5, 0.6) is 0 Å². The molecule has 2 aromatic rings. The second-order valence-corrected chi connectivity index (χ2v) is 3.84. The van der Waals surface area contributed by atoms with Crippen LogP contribution in [0.3, 0.4) is 0 Å². The van der Waals surface area contributed by atoms with Gasteiger partial charge in [-0.3, -0.25) is 9.78 Å². The highest BCUT2D eigenvalue weighted by Crippen LogP contribution is 2.14. The number of aryl methyl sites for hydroxylation is 2. The molecule has 1 aromatic carbocycles. The van der Waals surface area contributed by atoms with E-state index in [2.05, 4.69) is 4.98 Å². The number of pyridine rings is 1. The van der Waals surface area contributed by atoms with Crippen molar-refractivity contribution in [2.45, 2.75) is 13.8 Å². The largest absolute Gasteiger partial charge is 0.289 e. The van der Waals surface area contributed by atoms with Gasteiger partial charge in [-0.2, -0.15) is 0 Å². The molecular formula is C14H13NO. The zero-order chi connectivity index (χ0) is 11.5. The van der Waals surface area contributed by atoms with Crippen LogP contribution in [0, 0.1) is 13.8 Å². The SMILES string of the molecule is Cc1cc(C(=O)c2ccccc2)c(C)cn1. The van der Waals surface area contributed by atoms with Gasteiger partial charge in [0.05, 0.1) is 0 Å². The minimum atomic E-state index is 0.0589. The lowest BCUT2D eigenvalue weighted by atomic mass is 10.0. The van der Waals surface area contributed by atoms with Gasteiger partial charge in [-0.25, -0.2) is 0 Å². The van der Waals surface area contributed by atoms with Crippen LogP contribution >= 0.6 is 0 Å². The molecule has 0 N–H and O–H groups in total. The summed E-state index contributed by atoms with van der Waals surface area (Å²) in [5.74, 6) is 0.0589. The molecule has 0 bridgehead atoms. The summed E-state index contributed by atoms with van der Waals surface area (Å²) in [7, 11) is 0. The summed E-state index contributed by atoms with van der Waals surface area (Å²) in [6.45, 7) is 3.80. The maximum atomic E-state index is 12.2. The lowest BCUT2D eigenvalue weighted by Gasteiger charge is -2.05. The Hall–Kier alpha value is -1.96. The van der Waals surface area contributed by atoms with E-state index in [0.717, 1.165) is 22.4 Å². The summed E-state index contributed by atoms with van der Waals surface area (Å²) in [4.78, 5) is 16.4. The highest BCUT2D eigenvalue weighted by atomic mass is 16.1. The van der Waals surface area contributed by atoms with Crippen molar-refractivity contribution in [2.24, 2.45) is 0 Å². The van der Waals surface area contributed by atoms with Gasteiger partial charge in [-0.1, -0.05) is 30.3 Å². The molecule has 0 radical (unpaired) electrons. The van der Waals surface area contributed by atoms with E-state index in [-0.39, 0.29) is 5.78 Å². The highest BCUT2D eigenvalue weighted by molar-refractivity contribution is 6.09. The smallest absolute Gasteiger partial charge is 0.193 e. The first-order chi connectivity index (χ1) is 7.68. The molecule has 0 spiro atoms. The average Bonchev–Trinajstić information content (AvgIpc) is 2.32. The summed E-state index contributed by atoms with van der Waals surface area (Å²) < 4.78 is 0. The number of carbonyl (C=O) groups excluding carboxylic acids is 1. The van der Waals surface area contributed by atoms with Crippen molar-refractivity contribution in [3.63, 3.8) is 0 Å². The maximum absolute atomic E-state index is 12.2. The lowest BCUT2D eigenvalue weighted by Crippen LogP contribution is -2.04. The van der Waals surface area contributed by atoms with E-state index in [1.165, 1.54) is 0 Å². The minimum Gasteiger partial charge on any atom is -0.289 e. The molecule has 0 aliphatic carbocycles. The van der Waals surface area contributed by atoms with Crippen molar-refractivity contribution in [1.82, 2.24) is 4.98 Å². The summed E-state index contributed by atoms with van der Waals surface area (Å²) in [5.41, 5.74) is 3.24. The molecule has 2 heteroatoms. The number of rotatable bonds is 2. The van der Waals surface area contributed by atoms with Gasteiger partial charge in [0.25, 0.3) is 0 Å². The Balaban J connectivity index is 2.46. The van der Waals surface area contributed by atoms with Gasteiger partial charge in [0, 0.05) is 23.0 Å². The van der Waals surface area contributed by atoms with Crippen molar-refractivity contribution in [1.29, 1.82) is 0 Å². The molecule has 0 aliphatic heterocycles. The summed E-state index contributed by atoms with van der Waals surface area (Å²) in [6.07, 6.45) is 1.74. The Kier molecular flexibility index (Phi) is 2.82. The highest BCUT2D eigenvalue weighted by Gasteiger charge is 2.11. The van der Waals surface area contributed by atoms with Crippen LogP contribution in [-0.2, 0) is 0 Å². The van der Waals surface area contributed by atoms with Crippen molar-refractivity contribution in [3.8, 4) is 0 Å². The van der Waals surface area contributed by atoms with Crippen LogP contribution in [0.2, 0.25) is 0 Å². The third-order valence-corrected chi connectivity index (χ3v) is 2.52. The number of benzene rings is 1. The fraction of sp³-hybridized carbons (Fsp3) is 0.143. The van der Waals surface area contributed by atoms with Gasteiger partial charge in [0.2, 0.25) is 0 Å². The summed E-state index contributed by atoms with van der Waals surface area (Å²) >= 11 is 0. The molecule has 16 heavy (non-hydrogen) atoms. The van der Waals surface area contributed by atoms with Crippen LogP contribution < -0.4 is 0 Å². The number of carbonyl (C=O) groups is 1. The fourth-order valence-corrected chi connectivity index (χ4v) is 1.62. The van der Waals surface area contributed by atoms with Gasteiger partial charge < -0.3 is 0 Å². The number of hydrogen-bond acceptors (Lipinski definition) is 2. The first-order valence-corrected chi connectivity index (χ1v) is 5.21. The molecule has 0 saturated carbocycles. The van der Waals surface area contributed by atoms with Crippen LogP contribution in [0.15, 0.2) is 42.6 Å². The van der Waals surface area contributed by atoms with Crippen molar-refractivity contribution in [2.75, 3.05) is 0 Å². The van der Waals surface area contributed by atoms with Gasteiger partial charge in [-0.05, 0) is 25.5 Å². The molecule has 0 saturated heterocycles. The maximum Gasteiger partial charge on any atom is 0.193 e. The van der Waals surface area contributed by atoms with E-state index >= 15 is 0 Å². The summed E-state index contributed by atoms with van der Waals surface area (Å²) in [6, 6.07) is 11.1. The van der Waals surface area contributed by atoms with Gasteiger partial charge >= 0.3 is 0 Å². The molecular weight excluding hydrogens is 198 g/mol. The van der Waals surface area contributed by atoms with Crippen LogP contribution in [0.4, 0.5) is 0 Å². The van der Waals surface area contributed by atoms with E-state index < -0.39 is 0 Å². The minimum absolute atomic E-state index is 0.0589. The average molecular weight is 211 g/mol. The molecule has 80 valence electrons. The van der Waals surface area contributed by atoms with E-state index in [9.17, 15) is 4.79 Å².